The van der Waals surface area contributed by atoms with E-state index in [2.05, 4.69) is 9.78 Å². The van der Waals surface area contributed by atoms with Gasteiger partial charge in [0, 0.05) is 5.57 Å². The summed E-state index contributed by atoms with van der Waals surface area (Å²) in [4.78, 5) is 20.2. The molecular formula is C7H6O3. The highest BCUT2D eigenvalue weighted by atomic mass is 17.2. The zero-order chi connectivity index (χ0) is 6.97. The van der Waals surface area contributed by atoms with Crippen molar-refractivity contribution in [3.8, 4) is 0 Å². The van der Waals surface area contributed by atoms with Crippen LogP contribution in [0.4, 0.5) is 0 Å². The first-order valence-electron chi connectivity index (χ1n) is 3.10. The van der Waals surface area contributed by atoms with Crippen LogP contribution in [0.2, 0.25) is 0 Å². The van der Waals surface area contributed by atoms with E-state index >= 15 is 0 Å². The molecule has 2 aliphatic rings. The highest BCUT2D eigenvalue weighted by Gasteiger charge is 2.24. The quantitative estimate of drug-likeness (QED) is 0.463. The van der Waals surface area contributed by atoms with E-state index in [1.165, 1.54) is 6.08 Å². The molecule has 0 unspecified atom stereocenters. The largest absolute Gasteiger partial charge is 0.333 e. The first-order valence-corrected chi connectivity index (χ1v) is 3.10. The van der Waals surface area contributed by atoms with Crippen molar-refractivity contribution in [2.45, 2.75) is 6.42 Å². The molecule has 3 nitrogen and oxygen atoms in total. The summed E-state index contributed by atoms with van der Waals surface area (Å²) in [6.07, 6.45) is 4.10. The van der Waals surface area contributed by atoms with Gasteiger partial charge < -0.3 is 4.89 Å². The third-order valence-electron chi connectivity index (χ3n) is 1.55. The first kappa shape index (κ1) is 5.68. The number of hydrogen-bond donors (Lipinski definition) is 0. The molecule has 0 radical (unpaired) electrons. The van der Waals surface area contributed by atoms with Gasteiger partial charge in [-0.1, -0.05) is 6.08 Å². The van der Waals surface area contributed by atoms with Gasteiger partial charge in [0.25, 0.3) is 0 Å². The molecule has 0 saturated heterocycles. The molecule has 1 heterocycles. The zero-order valence-electron chi connectivity index (χ0n) is 5.29. The molecule has 52 valence electrons. The summed E-state index contributed by atoms with van der Waals surface area (Å²) >= 11 is 0. The molecule has 1 aliphatic carbocycles. The van der Waals surface area contributed by atoms with Crippen LogP contribution in [0.3, 0.4) is 0 Å². The van der Waals surface area contributed by atoms with Gasteiger partial charge in [-0.3, -0.25) is 4.79 Å². The summed E-state index contributed by atoms with van der Waals surface area (Å²) in [5.74, 6) is 0.307. The van der Waals surface area contributed by atoms with Crippen molar-refractivity contribution in [3.63, 3.8) is 0 Å². The minimum absolute atomic E-state index is 0.0845. The van der Waals surface area contributed by atoms with Gasteiger partial charge in [0.15, 0.2) is 0 Å². The van der Waals surface area contributed by atoms with Gasteiger partial charge in [0.05, 0.1) is 0 Å². The Morgan fingerprint density at radius 1 is 1.50 bits per heavy atom. The fourth-order valence-corrected chi connectivity index (χ4v) is 1.03. The fraction of sp³-hybridized carbons (Fsp3) is 0.286. The molecule has 0 fully saturated rings. The Hall–Kier alpha value is -1.09. The summed E-state index contributed by atoms with van der Waals surface area (Å²) < 4.78 is 0. The van der Waals surface area contributed by atoms with E-state index in [-0.39, 0.29) is 5.78 Å². The van der Waals surface area contributed by atoms with Gasteiger partial charge in [-0.2, -0.15) is 4.89 Å². The van der Waals surface area contributed by atoms with Crippen LogP contribution in [-0.2, 0) is 14.6 Å². The van der Waals surface area contributed by atoms with Crippen molar-refractivity contribution in [1.82, 2.24) is 0 Å². The third-order valence-corrected chi connectivity index (χ3v) is 1.55. The van der Waals surface area contributed by atoms with E-state index in [0.717, 1.165) is 12.0 Å². The van der Waals surface area contributed by atoms with E-state index in [0.29, 0.717) is 12.4 Å². The maximum absolute atomic E-state index is 10.9. The summed E-state index contributed by atoms with van der Waals surface area (Å²) in [5, 5.41) is 0. The Bertz CT molecular complexity index is 237. The van der Waals surface area contributed by atoms with Crippen LogP contribution in [0.15, 0.2) is 23.5 Å². The standard InChI is InChI=1S/C7H6O3/c8-6-3-1-2-5-4-9-10-7(5)6/h1,3H,2,4H2. The molecule has 3 heteroatoms. The van der Waals surface area contributed by atoms with Gasteiger partial charge >= 0.3 is 0 Å². The molecule has 0 aromatic carbocycles. The molecule has 0 saturated carbocycles. The second-order valence-electron chi connectivity index (χ2n) is 2.25. The van der Waals surface area contributed by atoms with Crippen LogP contribution in [0.5, 0.6) is 0 Å². The highest BCUT2D eigenvalue weighted by molar-refractivity contribution is 6.04. The molecule has 0 atom stereocenters. The van der Waals surface area contributed by atoms with Crippen LogP contribution in [0.25, 0.3) is 0 Å². The summed E-state index contributed by atoms with van der Waals surface area (Å²) in [5.41, 5.74) is 0.951. The van der Waals surface area contributed by atoms with E-state index < -0.39 is 0 Å². The lowest BCUT2D eigenvalue weighted by Gasteiger charge is -2.00. The van der Waals surface area contributed by atoms with Crippen LogP contribution < -0.4 is 0 Å². The zero-order valence-corrected chi connectivity index (χ0v) is 5.29. The van der Waals surface area contributed by atoms with Crippen molar-refractivity contribution in [1.29, 1.82) is 0 Å². The van der Waals surface area contributed by atoms with E-state index in [9.17, 15) is 4.79 Å². The van der Waals surface area contributed by atoms with Gasteiger partial charge in [-0.05, 0) is 12.5 Å². The lowest BCUT2D eigenvalue weighted by atomic mass is 10.0. The monoisotopic (exact) mass is 138 g/mol. The van der Waals surface area contributed by atoms with E-state index in [1.807, 2.05) is 6.08 Å². The molecule has 0 aromatic heterocycles. The van der Waals surface area contributed by atoms with Crippen LogP contribution >= 0.6 is 0 Å². The van der Waals surface area contributed by atoms with Crippen LogP contribution in [-0.4, -0.2) is 12.4 Å². The van der Waals surface area contributed by atoms with Gasteiger partial charge in [0.2, 0.25) is 11.5 Å². The number of carbonyl (C=O) groups is 1. The first-order chi connectivity index (χ1) is 4.88. The lowest BCUT2D eigenvalue weighted by molar-refractivity contribution is -0.233. The number of carbonyl (C=O) groups excluding carboxylic acids is 1. The van der Waals surface area contributed by atoms with E-state index in [4.69, 9.17) is 0 Å². The Morgan fingerprint density at radius 3 is 3.20 bits per heavy atom. The maximum Gasteiger partial charge on any atom is 0.224 e. The normalized spacial score (nSPS) is 23.0. The molecule has 0 aromatic rings. The predicted octanol–water partition coefficient (Wildman–Crippen LogP) is 0.731. The SMILES string of the molecule is O=C1C=CCC2=C1OOC2. The van der Waals surface area contributed by atoms with Crippen molar-refractivity contribution in [2.75, 3.05) is 6.61 Å². The number of rotatable bonds is 0. The van der Waals surface area contributed by atoms with Crippen molar-refractivity contribution >= 4 is 5.78 Å². The smallest absolute Gasteiger partial charge is 0.224 e. The third kappa shape index (κ3) is 0.675. The van der Waals surface area contributed by atoms with Crippen molar-refractivity contribution in [2.24, 2.45) is 0 Å². The molecule has 0 N–H and O–H groups in total. The lowest BCUT2D eigenvalue weighted by Crippen LogP contribution is -2.03. The molecule has 0 spiro atoms. The van der Waals surface area contributed by atoms with Gasteiger partial charge in [-0.25, -0.2) is 0 Å². The predicted molar refractivity (Wildman–Crippen MR) is 32.8 cm³/mol. The maximum atomic E-state index is 10.9. The number of ketones is 1. The average Bonchev–Trinajstić information content (AvgIpc) is 2.36. The van der Waals surface area contributed by atoms with Crippen molar-refractivity contribution < 1.29 is 14.6 Å². The summed E-state index contributed by atoms with van der Waals surface area (Å²) in [6.45, 7) is 0.436. The molecular weight excluding hydrogens is 132 g/mol. The number of allylic oxidation sites excluding steroid dienone is 2. The second-order valence-corrected chi connectivity index (χ2v) is 2.25. The highest BCUT2D eigenvalue weighted by Crippen LogP contribution is 2.23. The summed E-state index contributed by atoms with van der Waals surface area (Å²) in [7, 11) is 0. The average molecular weight is 138 g/mol. The Morgan fingerprint density at radius 2 is 2.40 bits per heavy atom. The van der Waals surface area contributed by atoms with Gasteiger partial charge in [0.1, 0.15) is 6.61 Å². The Labute approximate surface area is 57.9 Å². The topological polar surface area (TPSA) is 35.5 Å². The van der Waals surface area contributed by atoms with E-state index in [1.54, 1.807) is 0 Å². The Balaban J connectivity index is 2.35. The molecule has 0 amide bonds. The minimum Gasteiger partial charge on any atom is -0.333 e. The Kier molecular flexibility index (Phi) is 1.11. The molecule has 10 heavy (non-hydrogen) atoms. The van der Waals surface area contributed by atoms with Gasteiger partial charge in [-0.15, -0.1) is 0 Å². The number of hydrogen-bond acceptors (Lipinski definition) is 3. The molecule has 0 bridgehead atoms. The minimum atomic E-state index is -0.0845. The fourth-order valence-electron chi connectivity index (χ4n) is 1.03. The molecule has 2 rings (SSSR count). The second kappa shape index (κ2) is 1.95. The summed E-state index contributed by atoms with van der Waals surface area (Å²) in [6, 6.07) is 0. The van der Waals surface area contributed by atoms with Crippen LogP contribution in [0, 0.1) is 0 Å². The molecule has 1 aliphatic heterocycles. The van der Waals surface area contributed by atoms with Crippen LogP contribution in [0.1, 0.15) is 6.42 Å². The van der Waals surface area contributed by atoms with Crippen molar-refractivity contribution in [3.05, 3.63) is 23.5 Å².